The number of carbonyl (C=O) groups is 2. The maximum absolute atomic E-state index is 14.5. The van der Waals surface area contributed by atoms with E-state index in [-0.39, 0.29) is 23.0 Å². The van der Waals surface area contributed by atoms with E-state index >= 15 is 0 Å². The molecule has 0 saturated heterocycles. The number of urea groups is 1. The Labute approximate surface area is 186 Å². The van der Waals surface area contributed by atoms with Crippen LogP contribution in [-0.2, 0) is 0 Å². The average Bonchev–Trinajstić information content (AvgIpc) is 2.75. The molecule has 1 aromatic heterocycles. The number of nitro benzene ring substituents is 1. The van der Waals surface area contributed by atoms with E-state index < -0.39 is 33.4 Å². The summed E-state index contributed by atoms with van der Waals surface area (Å²) < 4.78 is 20.5. The molecule has 13 heteroatoms. The van der Waals surface area contributed by atoms with Crippen LogP contribution in [0, 0.1) is 15.9 Å². The quantitative estimate of drug-likeness (QED) is 0.375. The van der Waals surface area contributed by atoms with Crippen molar-refractivity contribution >= 4 is 50.8 Å². The first kappa shape index (κ1) is 22.1. The maximum atomic E-state index is 14.5. The van der Waals surface area contributed by atoms with Crippen LogP contribution in [0.4, 0.5) is 20.6 Å². The second-order valence-corrected chi connectivity index (χ2v) is 7.00. The van der Waals surface area contributed by atoms with Crippen LogP contribution in [0.15, 0.2) is 53.3 Å². The summed E-state index contributed by atoms with van der Waals surface area (Å²) in [4.78, 5) is 42.2. The van der Waals surface area contributed by atoms with E-state index in [0.29, 0.717) is 4.47 Å². The molecule has 0 spiro atoms. The number of aromatic nitrogens is 2. The van der Waals surface area contributed by atoms with Gasteiger partial charge in [0.2, 0.25) is 0 Å². The SMILES string of the molecule is O=C(NC(=O)c1ccccc1[N+](=O)[O-])Nc1ccc(Oc2ncc(Br)cn2)c(Cl)c1F. The van der Waals surface area contributed by atoms with Crippen LogP contribution in [0.3, 0.4) is 0 Å². The molecule has 0 bridgehead atoms. The number of amides is 3. The summed E-state index contributed by atoms with van der Waals surface area (Å²) in [6, 6.07) is 6.25. The predicted molar refractivity (Wildman–Crippen MR) is 111 cm³/mol. The molecule has 2 N–H and O–H groups in total. The van der Waals surface area contributed by atoms with Crippen molar-refractivity contribution in [3.05, 3.63) is 79.8 Å². The van der Waals surface area contributed by atoms with Gasteiger partial charge in [0.05, 0.1) is 15.1 Å². The van der Waals surface area contributed by atoms with Crippen molar-refractivity contribution in [2.45, 2.75) is 0 Å². The van der Waals surface area contributed by atoms with Crippen LogP contribution in [-0.4, -0.2) is 26.8 Å². The van der Waals surface area contributed by atoms with Crippen molar-refractivity contribution in [1.82, 2.24) is 15.3 Å². The monoisotopic (exact) mass is 509 g/mol. The third kappa shape index (κ3) is 5.29. The fourth-order valence-corrected chi connectivity index (χ4v) is 2.72. The Balaban J connectivity index is 1.72. The van der Waals surface area contributed by atoms with Crippen LogP contribution in [0.25, 0.3) is 0 Å². The zero-order chi connectivity index (χ0) is 22.5. The number of para-hydroxylation sites is 1. The van der Waals surface area contributed by atoms with Gasteiger partial charge in [0.25, 0.3) is 11.6 Å². The number of rotatable bonds is 5. The lowest BCUT2D eigenvalue weighted by atomic mass is 10.1. The van der Waals surface area contributed by atoms with E-state index in [1.807, 2.05) is 5.32 Å². The maximum Gasteiger partial charge on any atom is 0.326 e. The molecule has 0 unspecified atom stereocenters. The molecular weight excluding hydrogens is 501 g/mol. The molecule has 2 aromatic carbocycles. The second-order valence-electron chi connectivity index (χ2n) is 5.71. The number of nitrogens with one attached hydrogen (secondary N) is 2. The van der Waals surface area contributed by atoms with Crippen molar-refractivity contribution in [3.8, 4) is 11.8 Å². The van der Waals surface area contributed by atoms with Gasteiger partial charge >= 0.3 is 12.0 Å². The van der Waals surface area contributed by atoms with E-state index in [9.17, 15) is 24.1 Å². The number of imide groups is 1. The zero-order valence-electron chi connectivity index (χ0n) is 15.1. The molecule has 1 heterocycles. The number of anilines is 1. The lowest BCUT2D eigenvalue weighted by molar-refractivity contribution is -0.385. The molecule has 0 fully saturated rings. The standard InChI is InChI=1S/C18H10BrClFN5O5/c19-9-7-22-18(23-8-9)31-13-6-5-11(15(21)14(13)20)24-17(28)25-16(27)10-3-1-2-4-12(10)26(29)30/h1-8H,(H2,24,25,27,28). The minimum atomic E-state index is -1.12. The summed E-state index contributed by atoms with van der Waals surface area (Å²) >= 11 is 9.10. The van der Waals surface area contributed by atoms with Gasteiger partial charge in [-0.2, -0.15) is 0 Å². The largest absolute Gasteiger partial charge is 0.423 e. The Morgan fingerprint density at radius 3 is 2.52 bits per heavy atom. The summed E-state index contributed by atoms with van der Waals surface area (Å²) in [5.74, 6) is -2.18. The van der Waals surface area contributed by atoms with Gasteiger partial charge in [0.1, 0.15) is 10.6 Å². The summed E-state index contributed by atoms with van der Waals surface area (Å²) in [6.07, 6.45) is 2.84. The average molecular weight is 511 g/mol. The summed E-state index contributed by atoms with van der Waals surface area (Å²) in [7, 11) is 0. The van der Waals surface area contributed by atoms with Gasteiger partial charge in [-0.1, -0.05) is 23.7 Å². The molecule has 0 saturated carbocycles. The Kier molecular flexibility index (Phi) is 6.72. The van der Waals surface area contributed by atoms with E-state index in [1.54, 1.807) is 0 Å². The predicted octanol–water partition coefficient (Wildman–Crippen LogP) is 4.69. The van der Waals surface area contributed by atoms with Crippen molar-refractivity contribution in [2.75, 3.05) is 5.32 Å². The Morgan fingerprint density at radius 2 is 1.84 bits per heavy atom. The number of benzene rings is 2. The summed E-state index contributed by atoms with van der Waals surface area (Å²) in [5.41, 5.74) is -1.18. The number of ether oxygens (including phenoxy) is 1. The number of nitrogens with zero attached hydrogens (tertiary/aromatic N) is 3. The highest BCUT2D eigenvalue weighted by molar-refractivity contribution is 9.10. The van der Waals surface area contributed by atoms with Crippen LogP contribution in [0.1, 0.15) is 10.4 Å². The Hall–Kier alpha value is -3.64. The molecule has 0 atom stereocenters. The zero-order valence-corrected chi connectivity index (χ0v) is 17.5. The smallest absolute Gasteiger partial charge is 0.326 e. The molecule has 158 valence electrons. The Bertz CT molecular complexity index is 1180. The third-order valence-corrected chi connectivity index (χ3v) is 4.43. The molecule has 0 aliphatic carbocycles. The van der Waals surface area contributed by atoms with Gasteiger partial charge in [-0.25, -0.2) is 19.2 Å². The highest BCUT2D eigenvalue weighted by Crippen LogP contribution is 2.34. The van der Waals surface area contributed by atoms with E-state index in [1.165, 1.54) is 36.7 Å². The number of nitro groups is 1. The second kappa shape index (κ2) is 9.45. The van der Waals surface area contributed by atoms with Crippen LogP contribution in [0.5, 0.6) is 11.8 Å². The lowest BCUT2D eigenvalue weighted by Gasteiger charge is -2.11. The first-order chi connectivity index (χ1) is 14.8. The number of hydrogen-bond acceptors (Lipinski definition) is 7. The first-order valence-electron chi connectivity index (χ1n) is 8.25. The van der Waals surface area contributed by atoms with Gasteiger partial charge in [-0.3, -0.25) is 20.2 Å². The van der Waals surface area contributed by atoms with Gasteiger partial charge in [-0.15, -0.1) is 0 Å². The lowest BCUT2D eigenvalue weighted by Crippen LogP contribution is -2.34. The molecule has 0 aliphatic heterocycles. The summed E-state index contributed by atoms with van der Waals surface area (Å²) in [5, 5.41) is 14.5. The first-order valence-corrected chi connectivity index (χ1v) is 9.42. The molecule has 3 rings (SSSR count). The fraction of sp³-hybridized carbons (Fsp3) is 0. The van der Waals surface area contributed by atoms with Gasteiger partial charge in [0.15, 0.2) is 11.6 Å². The number of hydrogen-bond donors (Lipinski definition) is 2. The number of halogens is 3. The number of carbonyl (C=O) groups excluding carboxylic acids is 2. The van der Waals surface area contributed by atoms with Crippen molar-refractivity contribution in [2.24, 2.45) is 0 Å². The molecular formula is C18H10BrClFN5O5. The minimum absolute atomic E-state index is 0.0852. The van der Waals surface area contributed by atoms with Crippen molar-refractivity contribution in [1.29, 1.82) is 0 Å². The highest BCUT2D eigenvalue weighted by atomic mass is 79.9. The van der Waals surface area contributed by atoms with Crippen LogP contribution < -0.4 is 15.4 Å². The Morgan fingerprint density at radius 1 is 1.16 bits per heavy atom. The van der Waals surface area contributed by atoms with Crippen molar-refractivity contribution in [3.63, 3.8) is 0 Å². The van der Waals surface area contributed by atoms with Crippen LogP contribution in [0.2, 0.25) is 5.02 Å². The van der Waals surface area contributed by atoms with E-state index in [4.69, 9.17) is 16.3 Å². The van der Waals surface area contributed by atoms with Crippen LogP contribution >= 0.6 is 27.5 Å². The van der Waals surface area contributed by atoms with Gasteiger partial charge in [0, 0.05) is 18.5 Å². The van der Waals surface area contributed by atoms with E-state index in [2.05, 4.69) is 31.2 Å². The molecule has 3 aromatic rings. The topological polar surface area (TPSA) is 136 Å². The molecule has 31 heavy (non-hydrogen) atoms. The third-order valence-electron chi connectivity index (χ3n) is 3.67. The van der Waals surface area contributed by atoms with Gasteiger partial charge < -0.3 is 10.1 Å². The highest BCUT2D eigenvalue weighted by Gasteiger charge is 2.22. The van der Waals surface area contributed by atoms with Crippen molar-refractivity contribution < 1.29 is 23.6 Å². The molecule has 3 amide bonds. The molecule has 10 nitrogen and oxygen atoms in total. The molecule has 0 radical (unpaired) electrons. The van der Waals surface area contributed by atoms with Gasteiger partial charge in [-0.05, 0) is 34.1 Å². The normalized spacial score (nSPS) is 10.3. The fourth-order valence-electron chi connectivity index (χ4n) is 2.31. The minimum Gasteiger partial charge on any atom is -0.423 e. The summed E-state index contributed by atoms with van der Waals surface area (Å²) in [6.45, 7) is 0. The molecule has 0 aliphatic rings. The van der Waals surface area contributed by atoms with E-state index in [0.717, 1.165) is 12.1 Å².